The van der Waals surface area contributed by atoms with Gasteiger partial charge in [-0.15, -0.1) is 0 Å². The highest BCUT2D eigenvalue weighted by atomic mass is 16.1. The van der Waals surface area contributed by atoms with Gasteiger partial charge in [0.15, 0.2) is 0 Å². The van der Waals surface area contributed by atoms with Crippen molar-refractivity contribution < 1.29 is 4.79 Å². The zero-order valence-corrected chi connectivity index (χ0v) is 7.61. The number of hydrogen-bond acceptors (Lipinski definition) is 3. The second-order valence-electron chi connectivity index (χ2n) is 3.51. The number of nitrogens with zero attached hydrogens (tertiary/aromatic N) is 3. The fourth-order valence-corrected chi connectivity index (χ4v) is 1.21. The number of aromatic nitrogens is 3. The normalized spacial score (nSPS) is 11.6. The fourth-order valence-electron chi connectivity index (χ4n) is 1.21. The van der Waals surface area contributed by atoms with E-state index in [-0.39, 0.29) is 11.3 Å². The largest absolute Gasteiger partial charge is 0.300 e. The molecule has 12 heavy (non-hydrogen) atoms. The van der Waals surface area contributed by atoms with Crippen LogP contribution >= 0.6 is 0 Å². The van der Waals surface area contributed by atoms with Crippen LogP contribution in [0.15, 0.2) is 12.4 Å². The van der Waals surface area contributed by atoms with E-state index in [0.717, 1.165) is 0 Å². The molecule has 0 saturated carbocycles. The minimum atomic E-state index is -0.310. The summed E-state index contributed by atoms with van der Waals surface area (Å²) in [6.07, 6.45) is 3.69. The summed E-state index contributed by atoms with van der Waals surface area (Å²) in [7, 11) is 0. The monoisotopic (exact) mass is 167 g/mol. The van der Waals surface area contributed by atoms with E-state index in [1.165, 1.54) is 0 Å². The molecule has 1 aromatic heterocycles. The van der Waals surface area contributed by atoms with Gasteiger partial charge in [0, 0.05) is 6.42 Å². The first-order valence-corrected chi connectivity index (χ1v) is 3.88. The van der Waals surface area contributed by atoms with E-state index < -0.39 is 0 Å². The topological polar surface area (TPSA) is 47.8 Å². The minimum absolute atomic E-state index is 0.150. The molecule has 0 aliphatic rings. The van der Waals surface area contributed by atoms with Crippen LogP contribution in [0.1, 0.15) is 27.2 Å². The average molecular weight is 167 g/mol. The van der Waals surface area contributed by atoms with Gasteiger partial charge in [-0.2, -0.15) is 15.0 Å². The number of carbonyl (C=O) groups is 1. The first-order valence-electron chi connectivity index (χ1n) is 3.88. The van der Waals surface area contributed by atoms with Crippen molar-refractivity contribution in [2.24, 2.45) is 0 Å². The molecule has 0 amide bonds. The molecule has 0 aliphatic heterocycles. The number of hydrogen-bond donors (Lipinski definition) is 0. The van der Waals surface area contributed by atoms with Crippen molar-refractivity contribution in [3.05, 3.63) is 12.4 Å². The first kappa shape index (κ1) is 8.90. The van der Waals surface area contributed by atoms with Gasteiger partial charge in [0.25, 0.3) is 0 Å². The number of ketones is 1. The molecule has 1 aromatic rings. The van der Waals surface area contributed by atoms with E-state index in [1.54, 1.807) is 24.1 Å². The molecule has 66 valence electrons. The van der Waals surface area contributed by atoms with Crippen molar-refractivity contribution in [3.8, 4) is 0 Å². The first-order chi connectivity index (χ1) is 5.52. The summed E-state index contributed by atoms with van der Waals surface area (Å²) in [6.45, 7) is 5.45. The molecule has 0 aromatic carbocycles. The van der Waals surface area contributed by atoms with Crippen LogP contribution in [-0.4, -0.2) is 20.8 Å². The van der Waals surface area contributed by atoms with Crippen LogP contribution in [-0.2, 0) is 10.3 Å². The second-order valence-corrected chi connectivity index (χ2v) is 3.51. The molecule has 0 unspecified atom stereocenters. The predicted molar refractivity (Wildman–Crippen MR) is 44.6 cm³/mol. The van der Waals surface area contributed by atoms with Gasteiger partial charge < -0.3 is 0 Å². The average Bonchev–Trinajstić information content (AvgIpc) is 2.32. The highest BCUT2D eigenvalue weighted by Gasteiger charge is 2.23. The Balaban J connectivity index is 2.79. The van der Waals surface area contributed by atoms with Crippen LogP contribution in [0.4, 0.5) is 0 Å². The Morgan fingerprint density at radius 2 is 1.92 bits per heavy atom. The van der Waals surface area contributed by atoms with Crippen LogP contribution in [0.2, 0.25) is 0 Å². The smallest absolute Gasteiger partial charge is 0.132 e. The van der Waals surface area contributed by atoms with Crippen LogP contribution in [0, 0.1) is 0 Å². The lowest BCUT2D eigenvalue weighted by molar-refractivity contribution is -0.118. The molecular weight excluding hydrogens is 154 g/mol. The molecule has 0 bridgehead atoms. The fraction of sp³-hybridized carbons (Fsp3) is 0.625. The third-order valence-corrected chi connectivity index (χ3v) is 1.64. The molecule has 0 fully saturated rings. The predicted octanol–water partition coefficient (Wildman–Crippen LogP) is 0.992. The highest BCUT2D eigenvalue weighted by Crippen LogP contribution is 2.16. The minimum Gasteiger partial charge on any atom is -0.300 e. The van der Waals surface area contributed by atoms with E-state index in [0.29, 0.717) is 6.42 Å². The third kappa shape index (κ3) is 1.90. The lowest BCUT2D eigenvalue weighted by atomic mass is 9.99. The Kier molecular flexibility index (Phi) is 2.26. The van der Waals surface area contributed by atoms with Gasteiger partial charge in [-0.3, -0.25) is 4.79 Å². The van der Waals surface area contributed by atoms with Crippen LogP contribution in [0.25, 0.3) is 0 Å². The highest BCUT2D eigenvalue weighted by molar-refractivity contribution is 5.76. The standard InChI is InChI=1S/C8H13N3O/c1-7(12)6-8(2,3)11-9-4-5-10-11/h4-5H,6H2,1-3H3. The van der Waals surface area contributed by atoms with Gasteiger partial charge in [-0.05, 0) is 20.8 Å². The maximum absolute atomic E-state index is 10.9. The van der Waals surface area contributed by atoms with Crippen molar-refractivity contribution in [1.82, 2.24) is 15.0 Å². The van der Waals surface area contributed by atoms with Crippen molar-refractivity contribution in [2.75, 3.05) is 0 Å². The van der Waals surface area contributed by atoms with Crippen molar-refractivity contribution >= 4 is 5.78 Å². The lowest BCUT2D eigenvalue weighted by Crippen LogP contribution is -2.30. The van der Waals surface area contributed by atoms with E-state index >= 15 is 0 Å². The Morgan fingerprint density at radius 3 is 2.33 bits per heavy atom. The van der Waals surface area contributed by atoms with E-state index in [9.17, 15) is 4.79 Å². The molecule has 0 saturated heterocycles. The van der Waals surface area contributed by atoms with Gasteiger partial charge in [0.2, 0.25) is 0 Å². The molecule has 0 radical (unpaired) electrons. The van der Waals surface area contributed by atoms with Crippen LogP contribution in [0.5, 0.6) is 0 Å². The lowest BCUT2D eigenvalue weighted by Gasteiger charge is -2.21. The summed E-state index contributed by atoms with van der Waals surface area (Å²) in [6, 6.07) is 0. The Hall–Kier alpha value is -1.19. The van der Waals surface area contributed by atoms with Gasteiger partial charge in [-0.1, -0.05) is 0 Å². The SMILES string of the molecule is CC(=O)CC(C)(C)n1nccn1. The Bertz CT molecular complexity index is 264. The maximum Gasteiger partial charge on any atom is 0.132 e. The molecule has 0 N–H and O–H groups in total. The molecule has 0 atom stereocenters. The van der Waals surface area contributed by atoms with Crippen molar-refractivity contribution in [2.45, 2.75) is 32.7 Å². The molecule has 1 rings (SSSR count). The second kappa shape index (κ2) is 3.05. The van der Waals surface area contributed by atoms with Gasteiger partial charge in [0.05, 0.1) is 17.9 Å². The van der Waals surface area contributed by atoms with Crippen LogP contribution < -0.4 is 0 Å². The third-order valence-electron chi connectivity index (χ3n) is 1.64. The van der Waals surface area contributed by atoms with E-state index in [4.69, 9.17) is 0 Å². The summed E-state index contributed by atoms with van der Waals surface area (Å²) in [5, 5.41) is 7.99. The summed E-state index contributed by atoms with van der Waals surface area (Å²) in [5.41, 5.74) is -0.310. The van der Waals surface area contributed by atoms with Crippen molar-refractivity contribution in [3.63, 3.8) is 0 Å². The summed E-state index contributed by atoms with van der Waals surface area (Å²) < 4.78 is 0. The molecule has 4 nitrogen and oxygen atoms in total. The van der Waals surface area contributed by atoms with Gasteiger partial charge in [-0.25, -0.2) is 0 Å². The molecule has 0 aliphatic carbocycles. The molecule has 0 spiro atoms. The van der Waals surface area contributed by atoms with E-state index in [2.05, 4.69) is 10.2 Å². The zero-order chi connectivity index (χ0) is 9.19. The molecule has 1 heterocycles. The summed E-state index contributed by atoms with van der Waals surface area (Å²) >= 11 is 0. The zero-order valence-electron chi connectivity index (χ0n) is 7.61. The quantitative estimate of drug-likeness (QED) is 0.674. The van der Waals surface area contributed by atoms with Gasteiger partial charge >= 0.3 is 0 Å². The summed E-state index contributed by atoms with van der Waals surface area (Å²) in [4.78, 5) is 12.4. The Labute approximate surface area is 71.6 Å². The maximum atomic E-state index is 10.9. The Morgan fingerprint density at radius 1 is 1.42 bits per heavy atom. The van der Waals surface area contributed by atoms with E-state index in [1.807, 2.05) is 13.8 Å². The van der Waals surface area contributed by atoms with Gasteiger partial charge in [0.1, 0.15) is 5.78 Å². The van der Waals surface area contributed by atoms with Crippen molar-refractivity contribution in [1.29, 1.82) is 0 Å². The number of carbonyl (C=O) groups excluding carboxylic acids is 1. The molecular formula is C8H13N3O. The summed E-state index contributed by atoms with van der Waals surface area (Å²) in [5.74, 6) is 0.150. The number of rotatable bonds is 3. The van der Waals surface area contributed by atoms with Crippen LogP contribution in [0.3, 0.4) is 0 Å². The number of Topliss-reactive ketones (excluding diaryl/α,β-unsaturated/α-hetero) is 1. The molecule has 4 heteroatoms.